The number of phenols is 1. The molecule has 2 aromatic heterocycles. The van der Waals surface area contributed by atoms with Crippen LogP contribution in [0, 0.1) is 24.0 Å². The molecule has 13 heteroatoms. The molecule has 0 unspecified atom stereocenters. The van der Waals surface area contributed by atoms with Crippen molar-refractivity contribution in [3.8, 4) is 41.2 Å². The summed E-state index contributed by atoms with van der Waals surface area (Å²) in [7, 11) is 1.49. The molecule has 0 radical (unpaired) electrons. The third kappa shape index (κ3) is 4.92. The SMILES string of the molecule is C#Cc1c(F)ccc2cc(O)cc(-c3nc4c5c(nc(OC[C@@]67CCCN6C[C@H](F)C7)nc5c3F)N3C/C(=N/OC)CCC[C@H]3CO4)c12. The molecule has 0 spiro atoms. The molecule has 3 saturated heterocycles. The first-order chi connectivity index (χ1) is 23.3. The van der Waals surface area contributed by atoms with Crippen molar-refractivity contribution in [3.05, 3.63) is 41.5 Å². The number of fused-ring (bicyclic) bond motifs is 4. The van der Waals surface area contributed by atoms with Gasteiger partial charge in [-0.15, -0.1) is 6.42 Å². The highest BCUT2D eigenvalue weighted by atomic mass is 19.1. The molecule has 4 aromatic rings. The first-order valence-electron chi connectivity index (χ1n) is 16.1. The number of terminal acetylenes is 1. The van der Waals surface area contributed by atoms with Gasteiger partial charge in [0.25, 0.3) is 0 Å². The molecular formula is C35H33F3N6O4. The van der Waals surface area contributed by atoms with Crippen molar-refractivity contribution in [1.29, 1.82) is 0 Å². The van der Waals surface area contributed by atoms with Crippen LogP contribution in [-0.2, 0) is 4.84 Å². The summed E-state index contributed by atoms with van der Waals surface area (Å²) < 4.78 is 59.2. The summed E-state index contributed by atoms with van der Waals surface area (Å²) in [4.78, 5) is 23.3. The van der Waals surface area contributed by atoms with Gasteiger partial charge in [-0.2, -0.15) is 9.97 Å². The largest absolute Gasteiger partial charge is 0.508 e. The minimum atomic E-state index is -0.951. The predicted molar refractivity (Wildman–Crippen MR) is 173 cm³/mol. The molecule has 0 amide bonds. The lowest BCUT2D eigenvalue weighted by atomic mass is 9.95. The van der Waals surface area contributed by atoms with Gasteiger partial charge >= 0.3 is 6.01 Å². The Morgan fingerprint density at radius 1 is 1.19 bits per heavy atom. The number of benzene rings is 2. The number of hydrogen-bond donors (Lipinski definition) is 1. The number of rotatable bonds is 5. The average molecular weight is 659 g/mol. The van der Waals surface area contributed by atoms with Gasteiger partial charge in [0.05, 0.1) is 29.4 Å². The second kappa shape index (κ2) is 11.7. The van der Waals surface area contributed by atoms with Crippen molar-refractivity contribution in [2.45, 2.75) is 56.3 Å². The normalized spacial score (nSPS) is 24.6. The van der Waals surface area contributed by atoms with Crippen LogP contribution in [0.4, 0.5) is 19.0 Å². The van der Waals surface area contributed by atoms with Crippen LogP contribution in [0.25, 0.3) is 32.9 Å². The van der Waals surface area contributed by atoms with E-state index in [4.69, 9.17) is 25.7 Å². The number of pyridine rings is 1. The molecule has 0 aliphatic carbocycles. The molecule has 4 aliphatic heterocycles. The number of halogens is 3. The quantitative estimate of drug-likeness (QED) is 0.219. The van der Waals surface area contributed by atoms with E-state index in [1.165, 1.54) is 31.4 Å². The summed E-state index contributed by atoms with van der Waals surface area (Å²) in [6.45, 7) is 1.84. The van der Waals surface area contributed by atoms with Crippen LogP contribution in [0.5, 0.6) is 17.6 Å². The van der Waals surface area contributed by atoms with Crippen molar-refractivity contribution < 1.29 is 32.6 Å². The first-order valence-corrected chi connectivity index (χ1v) is 16.1. The number of oxime groups is 1. The van der Waals surface area contributed by atoms with E-state index in [0.717, 1.165) is 37.9 Å². The number of phenolic OH excluding ortho intramolecular Hbond substituents is 1. The summed E-state index contributed by atoms with van der Waals surface area (Å²) in [5, 5.41) is 15.7. The molecule has 1 N–H and O–H groups in total. The molecule has 0 bridgehead atoms. The van der Waals surface area contributed by atoms with Gasteiger partial charge < -0.3 is 24.3 Å². The summed E-state index contributed by atoms with van der Waals surface area (Å²) in [6.07, 6.45) is 9.06. The van der Waals surface area contributed by atoms with E-state index in [-0.39, 0.29) is 70.0 Å². The van der Waals surface area contributed by atoms with Gasteiger partial charge in [0.15, 0.2) is 5.82 Å². The molecule has 10 nitrogen and oxygen atoms in total. The third-order valence-electron chi connectivity index (χ3n) is 10.1. The van der Waals surface area contributed by atoms with Crippen LogP contribution in [0.1, 0.15) is 44.1 Å². The standard InChI is InChI=1S/C35H33F3N6O4/c1-3-24-26(37)9-8-19-12-23(45)13-25(27(19)24)30-29(38)31-28-32(41-34(40-31)48-18-35-10-5-11-43(35)15-20(36)14-35)44-16-21(42-46-2)6-4-7-22(44)17-47-33(28)39-30/h1,8-9,12-13,20,22,45H,4-7,10-11,14-18H2,2H3/b42-21+/t20-,22+,35+/m1/s1. The second-order valence-electron chi connectivity index (χ2n) is 13.0. The Morgan fingerprint density at radius 2 is 2.06 bits per heavy atom. The lowest BCUT2D eigenvalue weighted by Crippen LogP contribution is -2.43. The smallest absolute Gasteiger partial charge is 0.319 e. The van der Waals surface area contributed by atoms with Crippen LogP contribution >= 0.6 is 0 Å². The molecule has 3 fully saturated rings. The Bertz CT molecular complexity index is 2040. The molecule has 2 aromatic carbocycles. The number of hydrogen-bond acceptors (Lipinski definition) is 10. The van der Waals surface area contributed by atoms with E-state index < -0.39 is 23.3 Å². The van der Waals surface area contributed by atoms with Crippen LogP contribution in [0.3, 0.4) is 0 Å². The van der Waals surface area contributed by atoms with Gasteiger partial charge in [-0.25, -0.2) is 18.2 Å². The maximum atomic E-state index is 17.1. The van der Waals surface area contributed by atoms with E-state index >= 15 is 4.39 Å². The Morgan fingerprint density at radius 3 is 2.90 bits per heavy atom. The number of ether oxygens (including phenoxy) is 2. The van der Waals surface area contributed by atoms with Gasteiger partial charge in [0.1, 0.15) is 60.5 Å². The molecule has 0 saturated carbocycles. The van der Waals surface area contributed by atoms with E-state index in [2.05, 4.69) is 25.9 Å². The highest BCUT2D eigenvalue weighted by Crippen LogP contribution is 2.45. The van der Waals surface area contributed by atoms with E-state index in [1.807, 2.05) is 4.90 Å². The molecular weight excluding hydrogens is 625 g/mol. The lowest BCUT2D eigenvalue weighted by molar-refractivity contribution is 0.107. The predicted octanol–water partition coefficient (Wildman–Crippen LogP) is 5.52. The second-order valence-corrected chi connectivity index (χ2v) is 13.0. The molecule has 8 rings (SSSR count). The van der Waals surface area contributed by atoms with Crippen LogP contribution < -0.4 is 14.4 Å². The average Bonchev–Trinajstić information content (AvgIpc) is 3.46. The third-order valence-corrected chi connectivity index (χ3v) is 10.1. The summed E-state index contributed by atoms with van der Waals surface area (Å²) >= 11 is 0. The number of alkyl halides is 1. The van der Waals surface area contributed by atoms with E-state index in [1.54, 1.807) is 0 Å². The van der Waals surface area contributed by atoms with E-state index in [0.29, 0.717) is 37.1 Å². The monoisotopic (exact) mass is 658 g/mol. The topological polar surface area (TPSA) is 105 Å². The molecule has 48 heavy (non-hydrogen) atoms. The van der Waals surface area contributed by atoms with Crippen molar-refractivity contribution in [2.75, 3.05) is 44.9 Å². The number of nitrogens with zero attached hydrogens (tertiary/aromatic N) is 6. The van der Waals surface area contributed by atoms with Gasteiger partial charge in [-0.1, -0.05) is 17.1 Å². The van der Waals surface area contributed by atoms with Crippen LogP contribution in [0.15, 0.2) is 29.4 Å². The van der Waals surface area contributed by atoms with Gasteiger partial charge in [0.2, 0.25) is 5.88 Å². The van der Waals surface area contributed by atoms with E-state index in [9.17, 15) is 13.9 Å². The molecule has 4 aliphatic rings. The number of aromatic hydroxyl groups is 1. The highest BCUT2D eigenvalue weighted by molar-refractivity contribution is 6.04. The minimum Gasteiger partial charge on any atom is -0.508 e. The summed E-state index contributed by atoms with van der Waals surface area (Å²) in [5.74, 6) is 1.10. The first kappa shape index (κ1) is 30.5. The minimum absolute atomic E-state index is 0.0747. The van der Waals surface area contributed by atoms with Crippen molar-refractivity contribution in [1.82, 2.24) is 19.9 Å². The summed E-state index contributed by atoms with van der Waals surface area (Å²) in [6, 6.07) is 5.14. The lowest BCUT2D eigenvalue weighted by Gasteiger charge is -2.31. The zero-order valence-electron chi connectivity index (χ0n) is 26.3. The van der Waals surface area contributed by atoms with Crippen LogP contribution in [0.2, 0.25) is 0 Å². The van der Waals surface area contributed by atoms with Crippen LogP contribution in [-0.4, -0.2) is 88.4 Å². The summed E-state index contributed by atoms with van der Waals surface area (Å²) in [5.41, 5.74) is -0.0696. The fourth-order valence-corrected chi connectivity index (χ4v) is 7.96. The maximum absolute atomic E-state index is 17.1. The van der Waals surface area contributed by atoms with Gasteiger partial charge in [0, 0.05) is 23.9 Å². The van der Waals surface area contributed by atoms with Gasteiger partial charge in [-0.05, 0) is 62.2 Å². The Balaban J connectivity index is 1.34. The Hall–Kier alpha value is -4.83. The molecule has 3 atom stereocenters. The van der Waals surface area contributed by atoms with Gasteiger partial charge in [-0.3, -0.25) is 4.90 Å². The Kier molecular flexibility index (Phi) is 7.43. The fraction of sp³-hybridized carbons (Fsp3) is 0.429. The maximum Gasteiger partial charge on any atom is 0.319 e. The number of anilines is 1. The van der Waals surface area contributed by atoms with Crippen molar-refractivity contribution >= 4 is 33.2 Å². The number of aromatic nitrogens is 3. The van der Waals surface area contributed by atoms with Crippen molar-refractivity contribution in [3.63, 3.8) is 0 Å². The van der Waals surface area contributed by atoms with Crippen molar-refractivity contribution in [2.24, 2.45) is 5.16 Å². The zero-order chi connectivity index (χ0) is 33.2. The zero-order valence-corrected chi connectivity index (χ0v) is 26.3. The Labute approximate surface area is 274 Å². The highest BCUT2D eigenvalue weighted by Gasteiger charge is 2.49. The molecule has 6 heterocycles. The fourth-order valence-electron chi connectivity index (χ4n) is 7.96. The molecule has 248 valence electrons.